The van der Waals surface area contributed by atoms with E-state index >= 15 is 0 Å². The molecule has 1 N–H and O–H groups in total. The maximum Gasteiger partial charge on any atom is 0.294 e. The third-order valence-corrected chi connectivity index (χ3v) is 5.84. The highest BCUT2D eigenvalue weighted by atomic mass is 79.9. The second-order valence-electron chi connectivity index (χ2n) is 6.50. The van der Waals surface area contributed by atoms with Gasteiger partial charge in [-0.1, -0.05) is 22.0 Å². The fraction of sp³-hybridized carbons (Fsp3) is 0.190. The van der Waals surface area contributed by atoms with E-state index in [0.717, 1.165) is 32.3 Å². The number of ether oxygens (including phenoxy) is 1. The first kappa shape index (κ1) is 21.1. The number of carbonyl (C=O) groups is 3. The van der Waals surface area contributed by atoms with Gasteiger partial charge in [-0.2, -0.15) is 0 Å². The largest absolute Gasteiger partial charge is 0.496 e. The number of hydrogen-bond donors (Lipinski definition) is 1. The topological polar surface area (TPSA) is 75.7 Å². The summed E-state index contributed by atoms with van der Waals surface area (Å²) in [4.78, 5) is 38.5. The van der Waals surface area contributed by atoms with Crippen molar-refractivity contribution in [1.29, 1.82) is 0 Å². The number of nitrogens with zero attached hydrogens (tertiary/aromatic N) is 1. The predicted molar refractivity (Wildman–Crippen MR) is 118 cm³/mol. The minimum atomic E-state index is -0.503. The molecule has 1 heterocycles. The number of aryl methyl sites for hydroxylation is 2. The molecule has 150 valence electrons. The van der Waals surface area contributed by atoms with Gasteiger partial charge in [0.25, 0.3) is 11.1 Å². The summed E-state index contributed by atoms with van der Waals surface area (Å²) < 4.78 is 6.12. The number of imide groups is 1. The zero-order chi connectivity index (χ0) is 21.1. The van der Waals surface area contributed by atoms with Gasteiger partial charge in [-0.15, -0.1) is 0 Å². The quantitative estimate of drug-likeness (QED) is 0.632. The molecule has 0 spiro atoms. The number of thioether (sulfide) groups is 1. The summed E-state index contributed by atoms with van der Waals surface area (Å²) in [7, 11) is 1.53. The minimum Gasteiger partial charge on any atom is -0.496 e. The van der Waals surface area contributed by atoms with Crippen LogP contribution in [0, 0.1) is 13.8 Å². The van der Waals surface area contributed by atoms with Crippen molar-refractivity contribution >= 4 is 56.5 Å². The zero-order valence-electron chi connectivity index (χ0n) is 16.1. The third-order valence-electron chi connectivity index (χ3n) is 4.44. The Morgan fingerprint density at radius 2 is 1.93 bits per heavy atom. The smallest absolute Gasteiger partial charge is 0.294 e. The Morgan fingerprint density at radius 3 is 2.62 bits per heavy atom. The highest BCUT2D eigenvalue weighted by Gasteiger charge is 2.36. The van der Waals surface area contributed by atoms with E-state index in [2.05, 4.69) is 21.2 Å². The van der Waals surface area contributed by atoms with E-state index in [4.69, 9.17) is 4.74 Å². The van der Waals surface area contributed by atoms with Gasteiger partial charge in [0.1, 0.15) is 12.3 Å². The molecule has 0 unspecified atom stereocenters. The second kappa shape index (κ2) is 8.84. The van der Waals surface area contributed by atoms with Gasteiger partial charge >= 0.3 is 0 Å². The number of rotatable bonds is 5. The maximum atomic E-state index is 12.7. The predicted octanol–water partition coefficient (Wildman–Crippen LogP) is 4.75. The lowest BCUT2D eigenvalue weighted by Crippen LogP contribution is -2.36. The normalized spacial score (nSPS) is 15.2. The summed E-state index contributed by atoms with van der Waals surface area (Å²) in [6.45, 7) is 3.58. The van der Waals surface area contributed by atoms with Gasteiger partial charge in [-0.3, -0.25) is 19.3 Å². The average molecular weight is 475 g/mol. The number of benzene rings is 2. The van der Waals surface area contributed by atoms with Gasteiger partial charge in [0, 0.05) is 15.7 Å². The van der Waals surface area contributed by atoms with E-state index in [1.807, 2.05) is 32.0 Å². The molecule has 0 aliphatic carbocycles. The zero-order valence-corrected chi connectivity index (χ0v) is 18.5. The Hall–Kier alpha value is -2.58. The summed E-state index contributed by atoms with van der Waals surface area (Å²) in [6.07, 6.45) is 1.59. The molecule has 3 amide bonds. The summed E-state index contributed by atoms with van der Waals surface area (Å²) in [6, 6.07) is 10.9. The van der Waals surface area contributed by atoms with E-state index in [1.54, 1.807) is 24.3 Å². The molecular formula is C21H19BrN2O4S. The minimum absolute atomic E-state index is 0.241. The lowest BCUT2D eigenvalue weighted by atomic mass is 10.1. The highest BCUT2D eigenvalue weighted by Crippen LogP contribution is 2.34. The van der Waals surface area contributed by atoms with Crippen LogP contribution in [0.25, 0.3) is 6.08 Å². The number of carbonyl (C=O) groups excluding carboxylic acids is 3. The number of hydrogen-bond acceptors (Lipinski definition) is 5. The molecule has 1 aliphatic heterocycles. The van der Waals surface area contributed by atoms with E-state index < -0.39 is 17.1 Å². The average Bonchev–Trinajstić information content (AvgIpc) is 2.92. The van der Waals surface area contributed by atoms with Crippen LogP contribution in [0.1, 0.15) is 16.7 Å². The Labute approximate surface area is 181 Å². The first-order valence-corrected chi connectivity index (χ1v) is 10.4. The molecule has 1 aliphatic rings. The van der Waals surface area contributed by atoms with Crippen molar-refractivity contribution in [2.24, 2.45) is 0 Å². The van der Waals surface area contributed by atoms with Crippen molar-refractivity contribution in [2.75, 3.05) is 19.0 Å². The van der Waals surface area contributed by atoms with Crippen molar-refractivity contribution in [3.8, 4) is 5.75 Å². The van der Waals surface area contributed by atoms with Crippen LogP contribution < -0.4 is 10.1 Å². The first-order valence-electron chi connectivity index (χ1n) is 8.74. The molecule has 0 aromatic heterocycles. The van der Waals surface area contributed by atoms with Crippen LogP contribution in [0.3, 0.4) is 0 Å². The summed E-state index contributed by atoms with van der Waals surface area (Å²) in [5, 5.41) is 2.25. The molecular weight excluding hydrogens is 456 g/mol. The standard InChI is InChI=1S/C21H19BrN2O4S/c1-12-4-6-16(8-13(12)2)23-19(25)11-24-20(26)18(29-21(24)27)10-14-9-15(22)5-7-17(14)28-3/h4-10H,11H2,1-3H3,(H,23,25)/b18-10+. The molecule has 2 aromatic rings. The Kier molecular flexibility index (Phi) is 6.44. The summed E-state index contributed by atoms with van der Waals surface area (Å²) in [5.74, 6) is -0.360. The van der Waals surface area contributed by atoms with E-state index in [9.17, 15) is 14.4 Å². The first-order chi connectivity index (χ1) is 13.8. The van der Waals surface area contributed by atoms with Crippen LogP contribution in [-0.2, 0) is 9.59 Å². The van der Waals surface area contributed by atoms with Crippen LogP contribution in [0.15, 0.2) is 45.8 Å². The molecule has 0 bridgehead atoms. The monoisotopic (exact) mass is 474 g/mol. The summed E-state index contributed by atoms with van der Waals surface area (Å²) >= 11 is 4.18. The molecule has 0 saturated carbocycles. The number of methoxy groups -OCH3 is 1. The number of nitrogens with one attached hydrogen (secondary N) is 1. The third kappa shape index (κ3) is 4.89. The molecule has 8 heteroatoms. The van der Waals surface area contributed by atoms with Crippen LogP contribution >= 0.6 is 27.7 Å². The van der Waals surface area contributed by atoms with Crippen LogP contribution in [0.2, 0.25) is 0 Å². The van der Waals surface area contributed by atoms with Crippen LogP contribution in [0.5, 0.6) is 5.75 Å². The lowest BCUT2D eigenvalue weighted by Gasteiger charge is -2.13. The fourth-order valence-electron chi connectivity index (χ4n) is 2.76. The second-order valence-corrected chi connectivity index (χ2v) is 8.41. The van der Waals surface area contributed by atoms with Gasteiger partial charge in [-0.05, 0) is 73.1 Å². The fourth-order valence-corrected chi connectivity index (χ4v) is 3.97. The Balaban J connectivity index is 1.74. The van der Waals surface area contributed by atoms with E-state index in [-0.39, 0.29) is 11.4 Å². The van der Waals surface area contributed by atoms with Gasteiger partial charge in [-0.25, -0.2) is 0 Å². The summed E-state index contributed by atoms with van der Waals surface area (Å²) in [5.41, 5.74) is 3.44. The van der Waals surface area contributed by atoms with Crippen LogP contribution in [-0.4, -0.2) is 35.6 Å². The van der Waals surface area contributed by atoms with Gasteiger partial charge in [0.05, 0.1) is 12.0 Å². The van der Waals surface area contributed by atoms with Gasteiger partial charge in [0.2, 0.25) is 5.91 Å². The number of amides is 3. The number of anilines is 1. The van der Waals surface area contributed by atoms with Gasteiger partial charge in [0.15, 0.2) is 0 Å². The molecule has 6 nitrogen and oxygen atoms in total. The molecule has 1 fully saturated rings. The molecule has 1 saturated heterocycles. The number of halogens is 1. The molecule has 0 radical (unpaired) electrons. The molecule has 3 rings (SSSR count). The SMILES string of the molecule is COc1ccc(Br)cc1/C=C1/SC(=O)N(CC(=O)Nc2ccc(C)c(C)c2)C1=O. The van der Waals surface area contributed by atoms with Crippen molar-refractivity contribution in [3.63, 3.8) is 0 Å². The van der Waals surface area contributed by atoms with Gasteiger partial charge < -0.3 is 10.1 Å². The maximum absolute atomic E-state index is 12.7. The van der Waals surface area contributed by atoms with Crippen molar-refractivity contribution < 1.29 is 19.1 Å². The molecule has 0 atom stereocenters. The van der Waals surface area contributed by atoms with Crippen molar-refractivity contribution in [3.05, 3.63) is 62.5 Å². The van der Waals surface area contributed by atoms with Crippen molar-refractivity contribution in [2.45, 2.75) is 13.8 Å². The highest BCUT2D eigenvalue weighted by molar-refractivity contribution is 9.10. The lowest BCUT2D eigenvalue weighted by molar-refractivity contribution is -0.127. The van der Waals surface area contributed by atoms with Crippen molar-refractivity contribution in [1.82, 2.24) is 4.90 Å². The molecule has 29 heavy (non-hydrogen) atoms. The van der Waals surface area contributed by atoms with Crippen LogP contribution in [0.4, 0.5) is 10.5 Å². The van der Waals surface area contributed by atoms with E-state index in [1.165, 1.54) is 7.11 Å². The van der Waals surface area contributed by atoms with E-state index in [0.29, 0.717) is 17.0 Å². The Bertz CT molecular complexity index is 1040. The molecule has 2 aromatic carbocycles. The Morgan fingerprint density at radius 1 is 1.17 bits per heavy atom.